The first-order valence-corrected chi connectivity index (χ1v) is 12.4. The van der Waals surface area contributed by atoms with Gasteiger partial charge in [-0.15, -0.1) is 10.2 Å². The molecular formula is C23H23ClF3N5O2S. The van der Waals surface area contributed by atoms with Crippen molar-refractivity contribution in [3.8, 4) is 17.1 Å². The van der Waals surface area contributed by atoms with Gasteiger partial charge in [0.2, 0.25) is 5.91 Å². The Labute approximate surface area is 209 Å². The third kappa shape index (κ3) is 5.90. The minimum Gasteiger partial charge on any atom is -0.496 e. The summed E-state index contributed by atoms with van der Waals surface area (Å²) in [6.45, 7) is 0. The highest BCUT2D eigenvalue weighted by Gasteiger charge is 2.32. The molecule has 1 saturated carbocycles. The lowest BCUT2D eigenvalue weighted by Crippen LogP contribution is -2.18. The van der Waals surface area contributed by atoms with E-state index in [9.17, 15) is 18.0 Å². The van der Waals surface area contributed by atoms with Crippen LogP contribution in [0.1, 0.15) is 43.7 Å². The summed E-state index contributed by atoms with van der Waals surface area (Å²) >= 11 is 7.10. The molecule has 186 valence electrons. The van der Waals surface area contributed by atoms with Gasteiger partial charge in [0.25, 0.3) is 0 Å². The van der Waals surface area contributed by atoms with Crippen LogP contribution in [-0.4, -0.2) is 38.5 Å². The Kier molecular flexibility index (Phi) is 7.85. The highest BCUT2D eigenvalue weighted by atomic mass is 35.5. The van der Waals surface area contributed by atoms with Gasteiger partial charge in [0.1, 0.15) is 5.75 Å². The number of nitrogens with zero attached hydrogens (tertiary/aromatic N) is 4. The molecule has 0 spiro atoms. The zero-order valence-electron chi connectivity index (χ0n) is 18.8. The van der Waals surface area contributed by atoms with Crippen LogP contribution in [0.5, 0.6) is 5.75 Å². The summed E-state index contributed by atoms with van der Waals surface area (Å²) < 4.78 is 46.0. The molecule has 2 heterocycles. The van der Waals surface area contributed by atoms with Crippen LogP contribution in [0.3, 0.4) is 0 Å². The lowest BCUT2D eigenvalue weighted by atomic mass is 9.95. The second-order valence-corrected chi connectivity index (χ2v) is 9.41. The first kappa shape index (κ1) is 25.3. The third-order valence-corrected chi connectivity index (χ3v) is 6.94. The number of hydrogen-bond acceptors (Lipinski definition) is 6. The van der Waals surface area contributed by atoms with Crippen LogP contribution in [0.4, 0.5) is 19.0 Å². The van der Waals surface area contributed by atoms with Crippen LogP contribution in [0.2, 0.25) is 5.02 Å². The number of thioether (sulfide) groups is 1. The molecule has 3 aromatic rings. The molecule has 1 aliphatic carbocycles. The van der Waals surface area contributed by atoms with E-state index < -0.39 is 17.6 Å². The Morgan fingerprint density at radius 2 is 1.97 bits per heavy atom. The molecule has 1 amide bonds. The average Bonchev–Trinajstić information content (AvgIpc) is 3.27. The smallest absolute Gasteiger partial charge is 0.417 e. The van der Waals surface area contributed by atoms with Crippen molar-refractivity contribution >= 4 is 35.1 Å². The van der Waals surface area contributed by atoms with Crippen molar-refractivity contribution in [2.45, 2.75) is 49.5 Å². The predicted molar refractivity (Wildman–Crippen MR) is 128 cm³/mol. The van der Waals surface area contributed by atoms with Crippen molar-refractivity contribution in [3.63, 3.8) is 0 Å². The van der Waals surface area contributed by atoms with Crippen molar-refractivity contribution < 1.29 is 22.7 Å². The minimum absolute atomic E-state index is 0.0458. The van der Waals surface area contributed by atoms with E-state index in [-0.39, 0.29) is 22.6 Å². The van der Waals surface area contributed by atoms with Gasteiger partial charge in [0.05, 0.1) is 29.0 Å². The molecular weight excluding hydrogens is 503 g/mol. The molecule has 0 bridgehead atoms. The number of carbonyl (C=O) groups excluding carboxylic acids is 1. The number of anilines is 1. The lowest BCUT2D eigenvalue weighted by molar-refractivity contribution is -0.137. The molecule has 0 saturated heterocycles. The van der Waals surface area contributed by atoms with Crippen LogP contribution in [0.25, 0.3) is 11.4 Å². The molecule has 4 rings (SSSR count). The summed E-state index contributed by atoms with van der Waals surface area (Å²) in [5.74, 6) is 0.699. The van der Waals surface area contributed by atoms with Crippen LogP contribution < -0.4 is 10.1 Å². The van der Waals surface area contributed by atoms with Crippen molar-refractivity contribution in [3.05, 3.63) is 47.1 Å². The number of carbonyl (C=O) groups is 1. The van der Waals surface area contributed by atoms with Gasteiger partial charge in [-0.2, -0.15) is 13.2 Å². The Hall–Kier alpha value is -2.79. The number of ether oxygens (including phenoxy) is 1. The monoisotopic (exact) mass is 525 g/mol. The maximum absolute atomic E-state index is 12.8. The average molecular weight is 526 g/mol. The number of benzene rings is 1. The summed E-state index contributed by atoms with van der Waals surface area (Å²) in [7, 11) is 1.60. The molecule has 0 aliphatic heterocycles. The van der Waals surface area contributed by atoms with Gasteiger partial charge >= 0.3 is 6.18 Å². The fourth-order valence-corrected chi connectivity index (χ4v) is 5.06. The summed E-state index contributed by atoms with van der Waals surface area (Å²) in [6, 6.07) is 8.48. The molecule has 35 heavy (non-hydrogen) atoms. The van der Waals surface area contributed by atoms with Gasteiger partial charge in [-0.3, -0.25) is 9.36 Å². The number of halogens is 4. The fraction of sp³-hybridized carbons (Fsp3) is 0.391. The van der Waals surface area contributed by atoms with E-state index in [0.717, 1.165) is 37.3 Å². The summed E-state index contributed by atoms with van der Waals surface area (Å²) in [5.41, 5.74) is -0.176. The van der Waals surface area contributed by atoms with E-state index in [1.807, 2.05) is 24.3 Å². The van der Waals surface area contributed by atoms with Gasteiger partial charge in [0, 0.05) is 12.2 Å². The number of methoxy groups -OCH3 is 1. The molecule has 7 nitrogen and oxygen atoms in total. The summed E-state index contributed by atoms with van der Waals surface area (Å²) in [6.07, 6.45) is 1.38. The second kappa shape index (κ2) is 10.9. The quantitative estimate of drug-likeness (QED) is 0.367. The second-order valence-electron chi connectivity index (χ2n) is 8.06. The van der Waals surface area contributed by atoms with Crippen LogP contribution in [0, 0.1) is 0 Å². The normalized spacial score (nSPS) is 14.7. The predicted octanol–water partition coefficient (Wildman–Crippen LogP) is 6.26. The third-order valence-electron chi connectivity index (χ3n) is 5.71. The van der Waals surface area contributed by atoms with E-state index in [1.54, 1.807) is 7.11 Å². The molecule has 1 N–H and O–H groups in total. The molecule has 0 unspecified atom stereocenters. The largest absolute Gasteiger partial charge is 0.496 e. The van der Waals surface area contributed by atoms with Gasteiger partial charge in [-0.1, -0.05) is 54.8 Å². The van der Waals surface area contributed by atoms with Gasteiger partial charge in [-0.25, -0.2) is 4.98 Å². The summed E-state index contributed by atoms with van der Waals surface area (Å²) in [4.78, 5) is 16.2. The summed E-state index contributed by atoms with van der Waals surface area (Å²) in [5, 5.41) is 11.5. The molecule has 12 heteroatoms. The van der Waals surface area contributed by atoms with E-state index >= 15 is 0 Å². The molecule has 1 aliphatic rings. The fourth-order valence-electron chi connectivity index (χ4n) is 4.04. The molecule has 0 radical (unpaired) electrons. The van der Waals surface area contributed by atoms with Crippen molar-refractivity contribution in [2.24, 2.45) is 0 Å². The zero-order valence-corrected chi connectivity index (χ0v) is 20.4. The molecule has 0 atom stereocenters. The van der Waals surface area contributed by atoms with Gasteiger partial charge in [0.15, 0.2) is 16.8 Å². The number of amides is 1. The van der Waals surface area contributed by atoms with E-state index in [2.05, 4.69) is 25.1 Å². The first-order valence-electron chi connectivity index (χ1n) is 11.0. The topological polar surface area (TPSA) is 81.9 Å². The van der Waals surface area contributed by atoms with Gasteiger partial charge < -0.3 is 10.1 Å². The highest BCUT2D eigenvalue weighted by molar-refractivity contribution is 7.99. The Bertz CT molecular complexity index is 1200. The van der Waals surface area contributed by atoms with Gasteiger partial charge in [-0.05, 0) is 31.0 Å². The Balaban J connectivity index is 1.53. The number of aromatic nitrogens is 4. The van der Waals surface area contributed by atoms with Crippen LogP contribution >= 0.6 is 23.4 Å². The highest BCUT2D eigenvalue weighted by Crippen LogP contribution is 2.38. The van der Waals surface area contributed by atoms with E-state index in [1.165, 1.54) is 18.2 Å². The van der Waals surface area contributed by atoms with Crippen molar-refractivity contribution in [1.82, 2.24) is 19.7 Å². The Morgan fingerprint density at radius 1 is 1.23 bits per heavy atom. The standard InChI is InChI=1S/C23H23ClF3N5O2S/c1-34-18-10-6-5-9-16(18)21-30-31-22(32(21)15-7-3-2-4-8-15)35-13-19(33)29-20-17(24)11-14(12-28-20)23(25,26)27/h5-6,9-12,15H,2-4,7-8,13H2,1H3,(H,28,29,33). The molecule has 1 aromatic carbocycles. The first-order chi connectivity index (χ1) is 16.8. The maximum Gasteiger partial charge on any atom is 0.417 e. The number of hydrogen-bond donors (Lipinski definition) is 1. The van der Waals surface area contributed by atoms with Crippen LogP contribution in [0.15, 0.2) is 41.7 Å². The SMILES string of the molecule is COc1ccccc1-c1nnc(SCC(=O)Nc2ncc(C(F)(F)F)cc2Cl)n1C1CCCCC1. The number of pyridine rings is 1. The van der Waals surface area contributed by atoms with Crippen molar-refractivity contribution in [2.75, 3.05) is 18.2 Å². The molecule has 1 fully saturated rings. The van der Waals surface area contributed by atoms with E-state index in [4.69, 9.17) is 16.3 Å². The van der Waals surface area contributed by atoms with Crippen LogP contribution in [-0.2, 0) is 11.0 Å². The van der Waals surface area contributed by atoms with Crippen molar-refractivity contribution in [1.29, 1.82) is 0 Å². The number of nitrogens with one attached hydrogen (secondary N) is 1. The number of para-hydroxylation sites is 1. The number of rotatable bonds is 7. The maximum atomic E-state index is 12.8. The Morgan fingerprint density at radius 3 is 2.66 bits per heavy atom. The zero-order chi connectivity index (χ0) is 25.0. The minimum atomic E-state index is -4.57. The lowest BCUT2D eigenvalue weighted by Gasteiger charge is -2.26. The number of alkyl halides is 3. The molecule has 2 aromatic heterocycles. The van der Waals surface area contributed by atoms with E-state index in [0.29, 0.717) is 22.9 Å².